The van der Waals surface area contributed by atoms with Gasteiger partial charge in [-0.2, -0.15) is 0 Å². The molecule has 0 saturated heterocycles. The van der Waals surface area contributed by atoms with E-state index in [1.807, 2.05) is 12.1 Å². The van der Waals surface area contributed by atoms with Crippen LogP contribution in [0.3, 0.4) is 0 Å². The molecule has 1 aromatic carbocycles. The highest BCUT2D eigenvalue weighted by molar-refractivity contribution is 7.98. The number of furan rings is 1. The van der Waals surface area contributed by atoms with E-state index in [0.717, 1.165) is 10.7 Å². The first-order valence-electron chi connectivity index (χ1n) is 5.34. The Bertz CT molecular complexity index is 537. The fourth-order valence-corrected chi connectivity index (χ4v) is 2.52. The van der Waals surface area contributed by atoms with E-state index < -0.39 is 0 Å². The van der Waals surface area contributed by atoms with Crippen LogP contribution < -0.4 is 5.73 Å². The van der Waals surface area contributed by atoms with Crippen LogP contribution in [0.1, 0.15) is 16.1 Å². The van der Waals surface area contributed by atoms with Gasteiger partial charge in [-0.25, -0.2) is 4.79 Å². The summed E-state index contributed by atoms with van der Waals surface area (Å²) < 4.78 is 9.98. The van der Waals surface area contributed by atoms with Crippen LogP contribution in [-0.4, -0.2) is 13.1 Å². The summed E-state index contributed by atoms with van der Waals surface area (Å²) in [6.07, 6.45) is 1.62. The fraction of sp³-hybridized carbons (Fsp3) is 0.154. The number of anilines is 1. The molecule has 2 rings (SSSR count). The molecule has 0 fully saturated rings. The second-order valence-corrected chi connectivity index (χ2v) is 4.57. The number of rotatable bonds is 4. The molecule has 0 saturated carbocycles. The van der Waals surface area contributed by atoms with Crippen LogP contribution in [0.5, 0.6) is 0 Å². The van der Waals surface area contributed by atoms with Crippen LogP contribution in [0.25, 0.3) is 0 Å². The van der Waals surface area contributed by atoms with Gasteiger partial charge in [0, 0.05) is 10.6 Å². The maximum Gasteiger partial charge on any atom is 0.339 e. The summed E-state index contributed by atoms with van der Waals surface area (Å²) in [5.74, 6) is 1.06. The lowest BCUT2D eigenvalue weighted by atomic mass is 10.2. The molecule has 94 valence electrons. The molecule has 0 atom stereocenters. The maximum absolute atomic E-state index is 11.6. The van der Waals surface area contributed by atoms with Crippen molar-refractivity contribution >= 4 is 23.4 Å². The van der Waals surface area contributed by atoms with Gasteiger partial charge in [0.25, 0.3) is 0 Å². The van der Waals surface area contributed by atoms with Gasteiger partial charge in [-0.1, -0.05) is 6.07 Å². The predicted octanol–water partition coefficient (Wildman–Crippen LogP) is 2.94. The van der Waals surface area contributed by atoms with Gasteiger partial charge < -0.3 is 14.9 Å². The predicted molar refractivity (Wildman–Crippen MR) is 70.5 cm³/mol. The first kappa shape index (κ1) is 12.6. The molecule has 0 bridgehead atoms. The maximum atomic E-state index is 11.6. The number of hydrogen-bond acceptors (Lipinski definition) is 5. The SMILES string of the molecule is COC(=O)c1cccc(N)c1SCc1ccco1. The molecule has 2 aromatic rings. The van der Waals surface area contributed by atoms with Crippen LogP contribution in [0.4, 0.5) is 5.69 Å². The molecule has 2 N–H and O–H groups in total. The number of benzene rings is 1. The number of nitrogens with two attached hydrogens (primary N) is 1. The van der Waals surface area contributed by atoms with Crippen LogP contribution in [0.15, 0.2) is 45.9 Å². The average molecular weight is 263 g/mol. The second-order valence-electron chi connectivity index (χ2n) is 3.58. The van der Waals surface area contributed by atoms with Crippen molar-refractivity contribution in [3.63, 3.8) is 0 Å². The highest BCUT2D eigenvalue weighted by atomic mass is 32.2. The number of methoxy groups -OCH3 is 1. The minimum absolute atomic E-state index is 0.385. The van der Waals surface area contributed by atoms with Gasteiger partial charge in [-0.05, 0) is 24.3 Å². The zero-order valence-corrected chi connectivity index (χ0v) is 10.7. The standard InChI is InChI=1S/C13H13NO3S/c1-16-13(15)10-5-2-6-11(14)12(10)18-8-9-4-3-7-17-9/h2-7H,8,14H2,1H3. The first-order valence-corrected chi connectivity index (χ1v) is 6.33. The van der Waals surface area contributed by atoms with Gasteiger partial charge in [0.2, 0.25) is 0 Å². The summed E-state index contributed by atoms with van der Waals surface area (Å²) in [5.41, 5.74) is 6.94. The van der Waals surface area contributed by atoms with E-state index in [1.54, 1.807) is 24.5 Å². The lowest BCUT2D eigenvalue weighted by molar-refractivity contribution is 0.0597. The molecule has 0 radical (unpaired) electrons. The summed E-state index contributed by atoms with van der Waals surface area (Å²) in [5, 5.41) is 0. The van der Waals surface area contributed by atoms with Crippen LogP contribution in [0, 0.1) is 0 Å². The molecule has 18 heavy (non-hydrogen) atoms. The van der Waals surface area contributed by atoms with Crippen LogP contribution in [-0.2, 0) is 10.5 Å². The molecule has 0 aliphatic rings. The molecule has 4 nitrogen and oxygen atoms in total. The quantitative estimate of drug-likeness (QED) is 0.522. The Morgan fingerprint density at radius 3 is 2.89 bits per heavy atom. The molecule has 0 amide bonds. The van der Waals surface area contributed by atoms with Gasteiger partial charge in [0.05, 0.1) is 24.7 Å². The molecule has 0 spiro atoms. The van der Waals surface area contributed by atoms with E-state index in [0.29, 0.717) is 17.0 Å². The van der Waals surface area contributed by atoms with Crippen molar-refractivity contribution in [2.24, 2.45) is 0 Å². The molecule has 0 aliphatic heterocycles. The molecule has 1 aromatic heterocycles. The van der Waals surface area contributed by atoms with Crippen LogP contribution >= 0.6 is 11.8 Å². The smallest absolute Gasteiger partial charge is 0.339 e. The number of thioether (sulfide) groups is 1. The van der Waals surface area contributed by atoms with E-state index >= 15 is 0 Å². The van der Waals surface area contributed by atoms with Gasteiger partial charge >= 0.3 is 5.97 Å². The van der Waals surface area contributed by atoms with Gasteiger partial charge in [0.15, 0.2) is 0 Å². The summed E-state index contributed by atoms with van der Waals surface area (Å²) in [6, 6.07) is 8.90. The molecule has 1 heterocycles. The number of ether oxygens (including phenoxy) is 1. The zero-order chi connectivity index (χ0) is 13.0. The van der Waals surface area contributed by atoms with Gasteiger partial charge in [-0.15, -0.1) is 11.8 Å². The van der Waals surface area contributed by atoms with Gasteiger partial charge in [-0.3, -0.25) is 0 Å². The fourth-order valence-electron chi connectivity index (χ4n) is 1.52. The van der Waals surface area contributed by atoms with Crippen molar-refractivity contribution in [2.45, 2.75) is 10.6 Å². The lowest BCUT2D eigenvalue weighted by Crippen LogP contribution is -2.05. The Morgan fingerprint density at radius 1 is 1.39 bits per heavy atom. The Morgan fingerprint density at radius 2 is 2.22 bits per heavy atom. The average Bonchev–Trinajstić information content (AvgIpc) is 2.89. The minimum Gasteiger partial charge on any atom is -0.468 e. The van der Waals surface area contributed by atoms with Crippen molar-refractivity contribution in [2.75, 3.05) is 12.8 Å². The number of esters is 1. The molecule has 5 heteroatoms. The minimum atomic E-state index is -0.385. The Labute approximate surface area is 109 Å². The highest BCUT2D eigenvalue weighted by Crippen LogP contribution is 2.32. The summed E-state index contributed by atoms with van der Waals surface area (Å²) in [7, 11) is 1.35. The van der Waals surface area contributed by atoms with Crippen molar-refractivity contribution in [3.8, 4) is 0 Å². The summed E-state index contributed by atoms with van der Waals surface area (Å²) in [6.45, 7) is 0. The Hall–Kier alpha value is -1.88. The lowest BCUT2D eigenvalue weighted by Gasteiger charge is -2.09. The molecule has 0 aliphatic carbocycles. The highest BCUT2D eigenvalue weighted by Gasteiger charge is 2.14. The Kier molecular flexibility index (Phi) is 3.94. The Balaban J connectivity index is 2.22. The first-order chi connectivity index (χ1) is 8.72. The van der Waals surface area contributed by atoms with E-state index in [4.69, 9.17) is 14.9 Å². The largest absolute Gasteiger partial charge is 0.468 e. The normalized spacial score (nSPS) is 10.3. The van der Waals surface area contributed by atoms with E-state index in [2.05, 4.69) is 0 Å². The second kappa shape index (κ2) is 5.64. The number of carbonyl (C=O) groups is 1. The van der Waals surface area contributed by atoms with Gasteiger partial charge in [0.1, 0.15) is 5.76 Å². The third-order valence-corrected chi connectivity index (χ3v) is 3.56. The third kappa shape index (κ3) is 2.68. The number of hydrogen-bond donors (Lipinski definition) is 1. The van der Waals surface area contributed by atoms with E-state index in [-0.39, 0.29) is 5.97 Å². The summed E-state index contributed by atoms with van der Waals surface area (Å²) in [4.78, 5) is 12.4. The number of carbonyl (C=O) groups excluding carboxylic acids is 1. The van der Waals surface area contributed by atoms with E-state index in [1.165, 1.54) is 18.9 Å². The zero-order valence-electron chi connectivity index (χ0n) is 9.88. The molecule has 0 unspecified atom stereocenters. The van der Waals surface area contributed by atoms with Crippen molar-refractivity contribution in [1.29, 1.82) is 0 Å². The van der Waals surface area contributed by atoms with Crippen LogP contribution in [0.2, 0.25) is 0 Å². The van der Waals surface area contributed by atoms with Crippen molar-refractivity contribution in [3.05, 3.63) is 47.9 Å². The van der Waals surface area contributed by atoms with Crippen molar-refractivity contribution < 1.29 is 13.9 Å². The summed E-state index contributed by atoms with van der Waals surface area (Å²) >= 11 is 1.46. The number of nitrogen functional groups attached to an aromatic ring is 1. The topological polar surface area (TPSA) is 65.5 Å². The monoisotopic (exact) mass is 263 g/mol. The molecular weight excluding hydrogens is 250 g/mol. The van der Waals surface area contributed by atoms with E-state index in [9.17, 15) is 4.79 Å². The van der Waals surface area contributed by atoms with Crippen molar-refractivity contribution in [1.82, 2.24) is 0 Å². The molecular formula is C13H13NO3S. The third-order valence-electron chi connectivity index (χ3n) is 2.39.